The second kappa shape index (κ2) is 37.5. The molecule has 2 aromatic heterocycles. The summed E-state index contributed by atoms with van der Waals surface area (Å²) >= 11 is 0. The van der Waals surface area contributed by atoms with Crippen molar-refractivity contribution in [2.45, 2.75) is 232 Å². The predicted molar refractivity (Wildman–Crippen MR) is 228 cm³/mol. The highest BCUT2D eigenvalue weighted by molar-refractivity contribution is 5.93. The first-order chi connectivity index (χ1) is 26.5. The number of pyridine rings is 2. The van der Waals surface area contributed by atoms with Crippen LogP contribution in [0.25, 0.3) is 0 Å². The highest BCUT2D eigenvalue weighted by Gasteiger charge is 2.17. The number of rotatable bonds is 37. The minimum Gasteiger partial charge on any atom is -1.00 e. The Morgan fingerprint density at radius 1 is 0.411 bits per heavy atom. The van der Waals surface area contributed by atoms with Crippen LogP contribution in [-0.2, 0) is 25.9 Å². The zero-order chi connectivity index (χ0) is 38.9. The molecular formula is C48H84Br2N4O2. The highest BCUT2D eigenvalue weighted by atomic mass is 79.9. The first-order valence-corrected chi connectivity index (χ1v) is 23.1. The second-order valence-electron chi connectivity index (χ2n) is 16.3. The molecule has 2 heterocycles. The Hall–Kier alpha value is -1.80. The molecule has 0 fully saturated rings. The van der Waals surface area contributed by atoms with E-state index in [1.807, 2.05) is 24.3 Å². The molecule has 56 heavy (non-hydrogen) atoms. The summed E-state index contributed by atoms with van der Waals surface area (Å²) in [6.07, 6.45) is 45.9. The Bertz CT molecular complexity index is 1160. The summed E-state index contributed by atoms with van der Waals surface area (Å²) in [5, 5.41) is 0. The van der Waals surface area contributed by atoms with Crippen LogP contribution in [0.3, 0.4) is 0 Å². The molecule has 0 bridgehead atoms. The van der Waals surface area contributed by atoms with Crippen molar-refractivity contribution in [3.8, 4) is 0 Å². The van der Waals surface area contributed by atoms with E-state index >= 15 is 0 Å². The van der Waals surface area contributed by atoms with E-state index in [2.05, 4.69) is 35.4 Å². The maximum atomic E-state index is 12.0. The van der Waals surface area contributed by atoms with Gasteiger partial charge in [-0.15, -0.1) is 0 Å². The third-order valence-electron chi connectivity index (χ3n) is 11.4. The van der Waals surface area contributed by atoms with Crippen LogP contribution in [0.4, 0.5) is 0 Å². The number of nitrogens with two attached hydrogens (primary N) is 2. The molecule has 2 aromatic rings. The molecule has 0 radical (unpaired) electrons. The summed E-state index contributed by atoms with van der Waals surface area (Å²) in [6.45, 7) is 6.53. The van der Waals surface area contributed by atoms with Crippen molar-refractivity contribution in [1.82, 2.24) is 0 Å². The van der Waals surface area contributed by atoms with E-state index in [0.29, 0.717) is 11.1 Å². The van der Waals surface area contributed by atoms with Gasteiger partial charge in [0.1, 0.15) is 13.1 Å². The molecule has 6 nitrogen and oxygen atoms in total. The van der Waals surface area contributed by atoms with Crippen LogP contribution in [0, 0.1) is 0 Å². The number of nitrogens with zero attached hydrogens (tertiary/aromatic N) is 2. The number of hydrogen-bond donors (Lipinski definition) is 2. The molecule has 0 aromatic carbocycles. The van der Waals surface area contributed by atoms with Crippen molar-refractivity contribution in [2.24, 2.45) is 11.5 Å². The monoisotopic (exact) mass is 906 g/mol. The van der Waals surface area contributed by atoms with E-state index in [1.165, 1.54) is 178 Å². The van der Waals surface area contributed by atoms with Crippen molar-refractivity contribution in [3.05, 3.63) is 59.2 Å². The molecule has 8 heteroatoms. The lowest BCUT2D eigenvalue weighted by molar-refractivity contribution is -0.705. The van der Waals surface area contributed by atoms with Crippen molar-refractivity contribution in [1.29, 1.82) is 0 Å². The molecular weight excluding hydrogens is 824 g/mol. The van der Waals surface area contributed by atoms with Crippen LogP contribution in [0.15, 0.2) is 36.7 Å². The van der Waals surface area contributed by atoms with Gasteiger partial charge < -0.3 is 45.4 Å². The lowest BCUT2D eigenvalue weighted by atomic mass is 10.0. The van der Waals surface area contributed by atoms with Crippen molar-refractivity contribution < 1.29 is 52.7 Å². The number of amides is 2. The van der Waals surface area contributed by atoms with Gasteiger partial charge in [0.05, 0.1) is 11.1 Å². The van der Waals surface area contributed by atoms with Gasteiger partial charge in [0, 0.05) is 49.9 Å². The Morgan fingerprint density at radius 2 is 0.661 bits per heavy atom. The Kier molecular flexibility index (Phi) is 36.3. The van der Waals surface area contributed by atoms with Gasteiger partial charge in [-0.3, -0.25) is 9.59 Å². The molecule has 0 aliphatic rings. The van der Waals surface area contributed by atoms with E-state index in [9.17, 15) is 9.59 Å². The van der Waals surface area contributed by atoms with Crippen LogP contribution >= 0.6 is 0 Å². The maximum Gasteiger partial charge on any atom is 0.249 e. The fourth-order valence-electron chi connectivity index (χ4n) is 7.89. The number of aryl methyl sites for hydroxylation is 4. The van der Waals surface area contributed by atoms with Gasteiger partial charge >= 0.3 is 0 Å². The third-order valence-corrected chi connectivity index (χ3v) is 11.4. The number of hydrogen-bond acceptors (Lipinski definition) is 2. The fraction of sp³-hybridized carbons (Fsp3) is 0.750. The summed E-state index contributed by atoms with van der Waals surface area (Å²) in [5.74, 6) is -0.736. The molecule has 4 N–H and O–H groups in total. The summed E-state index contributed by atoms with van der Waals surface area (Å²) in [4.78, 5) is 24.0. The van der Waals surface area contributed by atoms with Gasteiger partial charge in [-0.2, -0.15) is 0 Å². The van der Waals surface area contributed by atoms with Crippen molar-refractivity contribution in [2.75, 3.05) is 0 Å². The van der Waals surface area contributed by atoms with Crippen LogP contribution in [0.5, 0.6) is 0 Å². The molecule has 0 saturated heterocycles. The first-order valence-electron chi connectivity index (χ1n) is 23.1. The average molecular weight is 909 g/mol. The van der Waals surface area contributed by atoms with Crippen molar-refractivity contribution in [3.63, 3.8) is 0 Å². The average Bonchev–Trinajstić information content (AvgIpc) is 3.17. The number of carbonyl (C=O) groups excluding carboxylic acids is 2. The zero-order valence-corrected chi connectivity index (χ0v) is 39.3. The van der Waals surface area contributed by atoms with Gasteiger partial charge in [0.25, 0.3) is 0 Å². The third kappa shape index (κ3) is 27.0. The smallest absolute Gasteiger partial charge is 0.249 e. The molecule has 0 spiro atoms. The van der Waals surface area contributed by atoms with Gasteiger partial charge in [-0.25, -0.2) is 9.13 Å². The van der Waals surface area contributed by atoms with E-state index in [0.717, 1.165) is 51.6 Å². The van der Waals surface area contributed by atoms with Gasteiger partial charge in [-0.1, -0.05) is 168 Å². The Labute approximate surface area is 365 Å². The topological polar surface area (TPSA) is 93.9 Å². The number of aromatic nitrogens is 2. The maximum absolute atomic E-state index is 12.0. The summed E-state index contributed by atoms with van der Waals surface area (Å²) in [7, 11) is 0. The minimum atomic E-state index is -0.368. The lowest BCUT2D eigenvalue weighted by Crippen LogP contribution is -3.00. The van der Waals surface area contributed by atoms with E-state index in [-0.39, 0.29) is 45.8 Å². The lowest BCUT2D eigenvalue weighted by Gasteiger charge is -2.08. The van der Waals surface area contributed by atoms with E-state index in [1.54, 1.807) is 0 Å². The van der Waals surface area contributed by atoms with Crippen LogP contribution in [0.1, 0.15) is 239 Å². The molecule has 0 atom stereocenters. The number of unbranched alkanes of at least 4 members (excludes halogenated alkanes) is 27. The van der Waals surface area contributed by atoms with E-state index in [4.69, 9.17) is 11.5 Å². The van der Waals surface area contributed by atoms with Crippen LogP contribution in [-0.4, -0.2) is 11.8 Å². The Morgan fingerprint density at radius 3 is 0.911 bits per heavy atom. The largest absolute Gasteiger partial charge is 1.00 e. The van der Waals surface area contributed by atoms with E-state index < -0.39 is 0 Å². The quantitative estimate of drug-likeness (QED) is 0.0645. The van der Waals surface area contributed by atoms with Gasteiger partial charge in [0.2, 0.25) is 11.8 Å². The molecule has 2 rings (SSSR count). The minimum absolute atomic E-state index is 0. The summed E-state index contributed by atoms with van der Waals surface area (Å²) in [6, 6.07) is 7.72. The Balaban J connectivity index is 0.0000151. The summed E-state index contributed by atoms with van der Waals surface area (Å²) < 4.78 is 4.66. The predicted octanol–water partition coefficient (Wildman–Crippen LogP) is 6.00. The summed E-state index contributed by atoms with van der Waals surface area (Å²) in [5.41, 5.74) is 14.9. The normalized spacial score (nSPS) is 11.0. The van der Waals surface area contributed by atoms with Crippen molar-refractivity contribution >= 4 is 11.8 Å². The number of primary amides is 2. The molecule has 0 unspecified atom stereocenters. The standard InChI is InChI=1S/C48H82N4O2.2BrH/c1-3-5-7-9-11-13-15-17-19-21-23-25-27-31-37-51-39-35-43(47(49)53)41-45(51)33-29-30-34-46-42-44(48(50)54)36-40-52(46)38-32-28-26-24-22-20-18-16-14-12-10-8-6-4-2;;/h35-36,39-42H,3-34,37-38H2,1-2H3,(H2-2,49,50,53,54);2*1H. The fourth-order valence-corrected chi connectivity index (χ4v) is 7.89. The van der Waals surface area contributed by atoms with Crippen LogP contribution < -0.4 is 54.6 Å². The van der Waals surface area contributed by atoms with Crippen LogP contribution in [0.2, 0.25) is 0 Å². The van der Waals surface area contributed by atoms with Gasteiger partial charge in [-0.05, 0) is 25.7 Å². The molecule has 0 aliphatic heterocycles. The zero-order valence-electron chi connectivity index (χ0n) is 36.1. The second-order valence-corrected chi connectivity index (χ2v) is 16.3. The molecule has 2 amide bonds. The van der Waals surface area contributed by atoms with Gasteiger partial charge in [0.15, 0.2) is 23.8 Å². The molecule has 322 valence electrons. The first kappa shape index (κ1) is 54.2. The highest BCUT2D eigenvalue weighted by Crippen LogP contribution is 2.15. The number of carbonyl (C=O) groups is 2. The molecule has 0 saturated carbocycles. The molecule has 0 aliphatic carbocycles. The SMILES string of the molecule is CCCCCCCCCCCCCCCC[n+]1ccc(C(N)=O)cc1CCCCc1cc(C(N)=O)cc[n+]1CCCCCCCCCCCCCCCC.[Br-].[Br-]. The number of halogens is 2.